The summed E-state index contributed by atoms with van der Waals surface area (Å²) in [5.74, 6) is 0.690. The van der Waals surface area contributed by atoms with Gasteiger partial charge in [0.15, 0.2) is 16.6 Å². The maximum absolute atomic E-state index is 13.0. The van der Waals surface area contributed by atoms with E-state index in [1.54, 1.807) is 22.8 Å². The minimum absolute atomic E-state index is 0.0708. The van der Waals surface area contributed by atoms with E-state index in [1.165, 1.54) is 11.8 Å². The van der Waals surface area contributed by atoms with Gasteiger partial charge in [-0.25, -0.2) is 15.0 Å². The van der Waals surface area contributed by atoms with Gasteiger partial charge in [-0.15, -0.1) is 5.10 Å². The summed E-state index contributed by atoms with van der Waals surface area (Å²) in [5, 5.41) is 11.9. The van der Waals surface area contributed by atoms with Crippen LogP contribution in [0, 0.1) is 0 Å². The molecule has 1 amide bonds. The molecule has 1 aliphatic heterocycles. The number of para-hydroxylation sites is 1. The van der Waals surface area contributed by atoms with Crippen LogP contribution in [0.4, 0.5) is 0 Å². The molecular weight excluding hydrogens is 412 g/mol. The van der Waals surface area contributed by atoms with Crippen molar-refractivity contribution in [2.75, 3.05) is 12.9 Å². The zero-order valence-corrected chi connectivity index (χ0v) is 17.7. The first-order valence-corrected chi connectivity index (χ1v) is 10.9. The molecule has 0 saturated carbocycles. The average molecular weight is 433 g/mol. The lowest BCUT2D eigenvalue weighted by Gasteiger charge is -2.22. The van der Waals surface area contributed by atoms with E-state index in [0.29, 0.717) is 29.7 Å². The molecular formula is C22H20N6O2S. The molecule has 0 N–H and O–H groups in total. The second kappa shape index (κ2) is 8.44. The molecule has 0 spiro atoms. The Hall–Kier alpha value is -3.30. The molecule has 3 heterocycles. The molecule has 156 valence electrons. The van der Waals surface area contributed by atoms with E-state index in [1.807, 2.05) is 54.6 Å². The Balaban J connectivity index is 1.42. The number of rotatable bonds is 6. The van der Waals surface area contributed by atoms with E-state index >= 15 is 0 Å². The number of hydrogen-bond acceptors (Lipinski definition) is 7. The van der Waals surface area contributed by atoms with Crippen molar-refractivity contribution in [1.82, 2.24) is 24.6 Å². The summed E-state index contributed by atoms with van der Waals surface area (Å²) in [6.07, 6.45) is 2.50. The zero-order valence-electron chi connectivity index (χ0n) is 16.9. The molecule has 0 aliphatic carbocycles. The molecule has 8 nitrogen and oxygen atoms in total. The number of thioether (sulfide) groups is 1. The van der Waals surface area contributed by atoms with Gasteiger partial charge in [-0.1, -0.05) is 54.2 Å². The van der Waals surface area contributed by atoms with Crippen molar-refractivity contribution in [3.8, 4) is 0 Å². The minimum atomic E-state index is -0.0760. The minimum Gasteiger partial charge on any atom is -0.377 e. The lowest BCUT2D eigenvalue weighted by Crippen LogP contribution is -2.28. The van der Waals surface area contributed by atoms with Gasteiger partial charge in [-0.3, -0.25) is 4.79 Å². The predicted molar refractivity (Wildman–Crippen MR) is 119 cm³/mol. The summed E-state index contributed by atoms with van der Waals surface area (Å²) in [4.78, 5) is 22.3. The van der Waals surface area contributed by atoms with Gasteiger partial charge in [-0.05, 0) is 17.7 Å². The number of carbonyl (C=O) groups is 1. The van der Waals surface area contributed by atoms with Crippen molar-refractivity contribution in [3.63, 3.8) is 0 Å². The van der Waals surface area contributed by atoms with Gasteiger partial charge >= 0.3 is 0 Å². The third-order valence-electron chi connectivity index (χ3n) is 5.06. The van der Waals surface area contributed by atoms with Gasteiger partial charge in [0.1, 0.15) is 6.61 Å². The smallest absolute Gasteiger partial charge is 0.253 e. The number of hydrazone groups is 1. The first kappa shape index (κ1) is 19.7. The van der Waals surface area contributed by atoms with Crippen LogP contribution in [0.5, 0.6) is 0 Å². The van der Waals surface area contributed by atoms with Crippen LogP contribution in [0.15, 0.2) is 64.9 Å². The fourth-order valence-corrected chi connectivity index (χ4v) is 4.45. The predicted octanol–water partition coefficient (Wildman–Crippen LogP) is 3.48. The van der Waals surface area contributed by atoms with Crippen molar-refractivity contribution in [3.05, 3.63) is 66.0 Å². The maximum atomic E-state index is 13.0. The third kappa shape index (κ3) is 3.77. The van der Waals surface area contributed by atoms with Gasteiger partial charge < -0.3 is 4.74 Å². The molecule has 0 saturated heterocycles. The monoisotopic (exact) mass is 432 g/mol. The van der Waals surface area contributed by atoms with Crippen LogP contribution in [0.25, 0.3) is 16.6 Å². The highest BCUT2D eigenvalue weighted by atomic mass is 32.2. The van der Waals surface area contributed by atoms with Crippen LogP contribution in [0.2, 0.25) is 0 Å². The Bertz CT molecular complexity index is 1270. The Morgan fingerprint density at radius 2 is 1.94 bits per heavy atom. The molecule has 2 aromatic heterocycles. The molecule has 5 rings (SSSR count). The Labute approximate surface area is 182 Å². The average Bonchev–Trinajstić information content (AvgIpc) is 3.46. The molecule has 1 atom stereocenters. The molecule has 0 bridgehead atoms. The van der Waals surface area contributed by atoms with Crippen LogP contribution in [-0.2, 0) is 16.1 Å². The number of nitrogens with zero attached hydrogens (tertiary/aromatic N) is 6. The van der Waals surface area contributed by atoms with E-state index in [2.05, 4.69) is 15.2 Å². The van der Waals surface area contributed by atoms with Gasteiger partial charge in [-0.2, -0.15) is 9.62 Å². The van der Waals surface area contributed by atoms with Crippen LogP contribution in [-0.4, -0.2) is 49.6 Å². The second-order valence-corrected chi connectivity index (χ2v) is 8.04. The van der Waals surface area contributed by atoms with E-state index in [-0.39, 0.29) is 17.7 Å². The van der Waals surface area contributed by atoms with E-state index in [4.69, 9.17) is 9.72 Å². The molecule has 9 heteroatoms. The summed E-state index contributed by atoms with van der Waals surface area (Å²) >= 11 is 1.33. The van der Waals surface area contributed by atoms with E-state index < -0.39 is 0 Å². The van der Waals surface area contributed by atoms with E-state index in [0.717, 1.165) is 16.5 Å². The SMILES string of the molecule is COCc1nc2c3ccccc3nc(SCC(=O)N3N=CC[C@@H]3c3ccccc3)n2n1. The van der Waals surface area contributed by atoms with Gasteiger partial charge in [0.05, 0.1) is 17.3 Å². The van der Waals surface area contributed by atoms with Crippen LogP contribution in [0.1, 0.15) is 23.9 Å². The number of ether oxygens (including phenoxy) is 1. The lowest BCUT2D eigenvalue weighted by atomic mass is 10.0. The third-order valence-corrected chi connectivity index (χ3v) is 5.97. The fraction of sp³-hybridized carbons (Fsp3) is 0.227. The first-order chi connectivity index (χ1) is 15.2. The number of fused-ring (bicyclic) bond motifs is 3. The molecule has 4 aromatic rings. The number of aromatic nitrogens is 4. The fourth-order valence-electron chi connectivity index (χ4n) is 3.66. The Morgan fingerprint density at radius 1 is 1.13 bits per heavy atom. The largest absolute Gasteiger partial charge is 0.377 e. The lowest BCUT2D eigenvalue weighted by molar-refractivity contribution is -0.130. The Morgan fingerprint density at radius 3 is 2.77 bits per heavy atom. The summed E-state index contributed by atoms with van der Waals surface area (Å²) < 4.78 is 6.88. The van der Waals surface area contributed by atoms with Gasteiger partial charge in [0.2, 0.25) is 0 Å². The van der Waals surface area contributed by atoms with E-state index in [9.17, 15) is 4.79 Å². The van der Waals surface area contributed by atoms with Crippen molar-refractivity contribution >= 4 is 40.4 Å². The van der Waals surface area contributed by atoms with Crippen molar-refractivity contribution < 1.29 is 9.53 Å². The highest BCUT2D eigenvalue weighted by Crippen LogP contribution is 2.30. The van der Waals surface area contributed by atoms with Gasteiger partial charge in [0.25, 0.3) is 5.91 Å². The van der Waals surface area contributed by atoms with Gasteiger partial charge in [0, 0.05) is 25.1 Å². The number of carbonyl (C=O) groups excluding carboxylic acids is 1. The molecule has 31 heavy (non-hydrogen) atoms. The molecule has 1 aliphatic rings. The summed E-state index contributed by atoms with van der Waals surface area (Å²) in [5.41, 5.74) is 2.58. The van der Waals surface area contributed by atoms with Crippen molar-refractivity contribution in [2.24, 2.45) is 5.10 Å². The highest BCUT2D eigenvalue weighted by Gasteiger charge is 2.28. The zero-order chi connectivity index (χ0) is 21.2. The topological polar surface area (TPSA) is 85.0 Å². The summed E-state index contributed by atoms with van der Waals surface area (Å²) in [6, 6.07) is 17.7. The highest BCUT2D eigenvalue weighted by molar-refractivity contribution is 7.99. The number of benzene rings is 2. The van der Waals surface area contributed by atoms with Crippen molar-refractivity contribution in [1.29, 1.82) is 0 Å². The number of amides is 1. The molecule has 0 fully saturated rings. The maximum Gasteiger partial charge on any atom is 0.253 e. The second-order valence-electron chi connectivity index (χ2n) is 7.10. The molecule has 0 radical (unpaired) electrons. The molecule has 2 aromatic carbocycles. The Kier molecular flexibility index (Phi) is 5.35. The summed E-state index contributed by atoms with van der Waals surface area (Å²) in [6.45, 7) is 0.306. The standard InChI is InChI=1S/C22H20N6O2S/c1-30-13-19-25-21-16-9-5-6-10-17(16)24-22(28(21)26-19)31-14-20(29)27-18(11-12-23-27)15-7-3-2-4-8-15/h2-10,12,18H,11,13-14H2,1H3/t18-/m1/s1. The summed E-state index contributed by atoms with van der Waals surface area (Å²) in [7, 11) is 1.61. The number of methoxy groups -OCH3 is 1. The van der Waals surface area contributed by atoms with Crippen LogP contribution in [0.3, 0.4) is 0 Å². The van der Waals surface area contributed by atoms with Crippen molar-refractivity contribution in [2.45, 2.75) is 24.2 Å². The quantitative estimate of drug-likeness (QED) is 0.343. The van der Waals surface area contributed by atoms with Crippen LogP contribution < -0.4 is 0 Å². The molecule has 0 unspecified atom stereocenters. The number of hydrogen-bond donors (Lipinski definition) is 0. The normalized spacial score (nSPS) is 15.9. The first-order valence-electron chi connectivity index (χ1n) is 9.90. The van der Waals surface area contributed by atoms with Crippen LogP contribution >= 0.6 is 11.8 Å².